The van der Waals surface area contributed by atoms with Crippen LogP contribution in [-0.2, 0) is 10.0 Å². The Balaban J connectivity index is 1.70. The van der Waals surface area contributed by atoms with Crippen molar-refractivity contribution in [3.63, 3.8) is 0 Å². The summed E-state index contributed by atoms with van der Waals surface area (Å²) >= 11 is 5.97. The third kappa shape index (κ3) is 4.02. The maximum Gasteiger partial charge on any atom is 0.257 e. The standard InChI is InChI=1S/C18H18ClN3O4S/c1-13(23)14-4-6-15(7-5-14)27(25,26)22-11-9-21(10-12-22)18(24)16-3-2-8-20-17(16)19/h2-8H,9-12H2,1H3. The molecular weight excluding hydrogens is 390 g/mol. The van der Waals surface area contributed by atoms with Crippen LogP contribution in [-0.4, -0.2) is 60.5 Å². The highest BCUT2D eigenvalue weighted by Crippen LogP contribution is 2.20. The van der Waals surface area contributed by atoms with Gasteiger partial charge in [-0.15, -0.1) is 0 Å². The first-order chi connectivity index (χ1) is 12.8. The monoisotopic (exact) mass is 407 g/mol. The molecule has 0 N–H and O–H groups in total. The summed E-state index contributed by atoms with van der Waals surface area (Å²) < 4.78 is 26.9. The van der Waals surface area contributed by atoms with Gasteiger partial charge in [-0.1, -0.05) is 23.7 Å². The highest BCUT2D eigenvalue weighted by Gasteiger charge is 2.31. The lowest BCUT2D eigenvalue weighted by atomic mass is 10.2. The number of hydrogen-bond acceptors (Lipinski definition) is 5. The third-order valence-electron chi connectivity index (χ3n) is 4.41. The number of carbonyl (C=O) groups is 2. The molecule has 7 nitrogen and oxygen atoms in total. The molecule has 1 saturated heterocycles. The van der Waals surface area contributed by atoms with E-state index in [0.29, 0.717) is 11.1 Å². The second-order valence-corrected chi connectivity index (χ2v) is 8.41. The number of nitrogens with zero attached hydrogens (tertiary/aromatic N) is 3. The van der Waals surface area contributed by atoms with E-state index in [2.05, 4.69) is 4.98 Å². The Labute approximate surface area is 162 Å². The number of carbonyl (C=O) groups excluding carboxylic acids is 2. The zero-order valence-electron chi connectivity index (χ0n) is 14.6. The summed E-state index contributed by atoms with van der Waals surface area (Å²) in [6.45, 7) is 2.30. The molecule has 0 atom stereocenters. The molecule has 1 amide bonds. The van der Waals surface area contributed by atoms with Gasteiger partial charge in [0.1, 0.15) is 5.15 Å². The van der Waals surface area contributed by atoms with Gasteiger partial charge < -0.3 is 4.90 Å². The van der Waals surface area contributed by atoms with E-state index in [4.69, 9.17) is 11.6 Å². The summed E-state index contributed by atoms with van der Waals surface area (Å²) in [7, 11) is -3.68. The summed E-state index contributed by atoms with van der Waals surface area (Å²) in [4.78, 5) is 29.5. The molecule has 9 heteroatoms. The van der Waals surface area contributed by atoms with Crippen molar-refractivity contribution in [3.05, 3.63) is 58.9 Å². The van der Waals surface area contributed by atoms with E-state index in [1.807, 2.05) is 0 Å². The Kier molecular flexibility index (Phi) is 5.59. The van der Waals surface area contributed by atoms with Gasteiger partial charge in [-0.3, -0.25) is 9.59 Å². The van der Waals surface area contributed by atoms with Crippen LogP contribution in [0, 0.1) is 0 Å². The van der Waals surface area contributed by atoms with E-state index in [-0.39, 0.29) is 47.9 Å². The van der Waals surface area contributed by atoms with Gasteiger partial charge in [0.2, 0.25) is 10.0 Å². The van der Waals surface area contributed by atoms with Crippen LogP contribution in [0.25, 0.3) is 0 Å². The van der Waals surface area contributed by atoms with E-state index in [1.165, 1.54) is 41.7 Å². The molecule has 0 radical (unpaired) electrons. The second kappa shape index (κ2) is 7.75. The molecule has 1 aromatic heterocycles. The number of piperazine rings is 1. The number of amides is 1. The maximum absolute atomic E-state index is 12.8. The van der Waals surface area contributed by atoms with Crippen LogP contribution in [0.4, 0.5) is 0 Å². The topological polar surface area (TPSA) is 87.7 Å². The summed E-state index contributed by atoms with van der Waals surface area (Å²) in [5.74, 6) is -0.393. The number of benzene rings is 1. The van der Waals surface area contributed by atoms with Crippen LogP contribution in [0.15, 0.2) is 47.5 Å². The second-order valence-electron chi connectivity index (χ2n) is 6.12. The first kappa shape index (κ1) is 19.5. The molecule has 0 unspecified atom stereocenters. The van der Waals surface area contributed by atoms with E-state index in [9.17, 15) is 18.0 Å². The number of pyridine rings is 1. The van der Waals surface area contributed by atoms with Crippen molar-refractivity contribution in [2.24, 2.45) is 0 Å². The van der Waals surface area contributed by atoms with Crippen LogP contribution in [0.5, 0.6) is 0 Å². The molecular formula is C18H18ClN3O4S. The van der Waals surface area contributed by atoms with Crippen molar-refractivity contribution in [1.29, 1.82) is 0 Å². The Morgan fingerprint density at radius 3 is 2.22 bits per heavy atom. The van der Waals surface area contributed by atoms with Gasteiger partial charge in [0.25, 0.3) is 5.91 Å². The summed E-state index contributed by atoms with van der Waals surface area (Å²) in [5, 5.41) is 0.128. The lowest BCUT2D eigenvalue weighted by molar-refractivity contribution is 0.0697. The van der Waals surface area contributed by atoms with Gasteiger partial charge >= 0.3 is 0 Å². The van der Waals surface area contributed by atoms with E-state index in [0.717, 1.165) is 0 Å². The molecule has 142 valence electrons. The molecule has 0 saturated carbocycles. The minimum Gasteiger partial charge on any atom is -0.336 e. The van der Waals surface area contributed by atoms with Gasteiger partial charge in [0.15, 0.2) is 5.78 Å². The fourth-order valence-corrected chi connectivity index (χ4v) is 4.48. The third-order valence-corrected chi connectivity index (χ3v) is 6.63. The summed E-state index contributed by atoms with van der Waals surface area (Å²) in [6, 6.07) is 9.08. The molecule has 1 aliphatic heterocycles. The predicted octanol–water partition coefficient (Wildman–Crippen LogP) is 2.08. The average molecular weight is 408 g/mol. The van der Waals surface area contributed by atoms with E-state index >= 15 is 0 Å². The number of Topliss-reactive ketones (excluding diaryl/α,β-unsaturated/α-hetero) is 1. The van der Waals surface area contributed by atoms with Crippen molar-refractivity contribution < 1.29 is 18.0 Å². The van der Waals surface area contributed by atoms with Crippen molar-refractivity contribution >= 4 is 33.3 Å². The van der Waals surface area contributed by atoms with Crippen molar-refractivity contribution in [3.8, 4) is 0 Å². The van der Waals surface area contributed by atoms with Crippen molar-refractivity contribution in [1.82, 2.24) is 14.2 Å². The number of ketones is 1. The first-order valence-electron chi connectivity index (χ1n) is 8.31. The quantitative estimate of drug-likeness (QED) is 0.572. The SMILES string of the molecule is CC(=O)c1ccc(S(=O)(=O)N2CCN(C(=O)c3cccnc3Cl)CC2)cc1. The Bertz CT molecular complexity index is 968. The highest BCUT2D eigenvalue weighted by atomic mass is 35.5. The molecule has 0 spiro atoms. The number of rotatable bonds is 4. The lowest BCUT2D eigenvalue weighted by Gasteiger charge is -2.34. The fourth-order valence-electron chi connectivity index (χ4n) is 2.86. The fraction of sp³-hybridized carbons (Fsp3) is 0.278. The summed E-state index contributed by atoms with van der Waals surface area (Å²) in [6.07, 6.45) is 1.50. The number of sulfonamides is 1. The molecule has 2 heterocycles. The largest absolute Gasteiger partial charge is 0.336 e. The van der Waals surface area contributed by atoms with E-state index in [1.54, 1.807) is 17.0 Å². The van der Waals surface area contributed by atoms with Crippen LogP contribution < -0.4 is 0 Å². The normalized spacial score (nSPS) is 15.6. The minimum atomic E-state index is -3.68. The molecule has 3 rings (SSSR count). The first-order valence-corrected chi connectivity index (χ1v) is 10.1. The molecule has 1 aliphatic rings. The number of aromatic nitrogens is 1. The molecule has 1 aromatic carbocycles. The smallest absolute Gasteiger partial charge is 0.257 e. The maximum atomic E-state index is 12.8. The zero-order chi connectivity index (χ0) is 19.6. The minimum absolute atomic E-state index is 0.125. The predicted molar refractivity (Wildman–Crippen MR) is 100 cm³/mol. The Morgan fingerprint density at radius 1 is 1.04 bits per heavy atom. The van der Waals surface area contributed by atoms with Crippen LogP contribution in [0.2, 0.25) is 5.15 Å². The van der Waals surface area contributed by atoms with Crippen LogP contribution in [0.1, 0.15) is 27.6 Å². The molecule has 1 fully saturated rings. The molecule has 0 aliphatic carbocycles. The van der Waals surface area contributed by atoms with Gasteiger partial charge in [0.05, 0.1) is 10.5 Å². The van der Waals surface area contributed by atoms with Crippen LogP contribution in [0.3, 0.4) is 0 Å². The van der Waals surface area contributed by atoms with Gasteiger partial charge in [-0.05, 0) is 31.2 Å². The van der Waals surface area contributed by atoms with Crippen LogP contribution >= 0.6 is 11.6 Å². The Hall–Kier alpha value is -2.29. The van der Waals surface area contributed by atoms with Gasteiger partial charge in [-0.25, -0.2) is 13.4 Å². The van der Waals surface area contributed by atoms with E-state index < -0.39 is 10.0 Å². The number of halogens is 1. The number of hydrogen-bond donors (Lipinski definition) is 0. The molecule has 0 bridgehead atoms. The highest BCUT2D eigenvalue weighted by molar-refractivity contribution is 7.89. The zero-order valence-corrected chi connectivity index (χ0v) is 16.2. The van der Waals surface area contributed by atoms with Gasteiger partial charge in [-0.2, -0.15) is 4.31 Å². The van der Waals surface area contributed by atoms with Crippen molar-refractivity contribution in [2.45, 2.75) is 11.8 Å². The Morgan fingerprint density at radius 2 is 1.67 bits per heavy atom. The van der Waals surface area contributed by atoms with Crippen molar-refractivity contribution in [2.75, 3.05) is 26.2 Å². The average Bonchev–Trinajstić information content (AvgIpc) is 2.68. The molecule has 27 heavy (non-hydrogen) atoms. The lowest BCUT2D eigenvalue weighted by Crippen LogP contribution is -2.50. The summed E-state index contributed by atoms with van der Waals surface area (Å²) in [5.41, 5.74) is 0.757. The van der Waals surface area contributed by atoms with Gasteiger partial charge in [0, 0.05) is 37.9 Å². The molecule has 2 aromatic rings.